The van der Waals surface area contributed by atoms with Gasteiger partial charge < -0.3 is 10.2 Å². The second kappa shape index (κ2) is 8.25. The van der Waals surface area contributed by atoms with Crippen molar-refractivity contribution in [1.82, 2.24) is 15.1 Å². The highest BCUT2D eigenvalue weighted by molar-refractivity contribution is 5.85. The zero-order chi connectivity index (χ0) is 13.7. The van der Waals surface area contributed by atoms with E-state index in [1.54, 1.807) is 0 Å². The van der Waals surface area contributed by atoms with Crippen LogP contribution in [0.2, 0.25) is 0 Å². The first-order valence-electron chi connectivity index (χ1n) is 6.89. The molecule has 0 saturated carbocycles. The Bertz CT molecular complexity index is 413. The van der Waals surface area contributed by atoms with Crippen LogP contribution in [0.15, 0.2) is 30.3 Å². The second-order valence-corrected chi connectivity index (χ2v) is 5.33. The lowest BCUT2D eigenvalue weighted by molar-refractivity contribution is -0.131. The van der Waals surface area contributed by atoms with Crippen LogP contribution in [0.4, 0.5) is 0 Å². The number of likely N-dealkylation sites (N-methyl/N-ethyl adjacent to an activating group) is 1. The standard InChI is InChI=1S/C15H23N3O.ClH/c1-13-10-18(9-8-16-13)12-15(19)17(2)11-14-6-4-3-5-7-14;/h3-7,13,16H,8-12H2,1-2H3;1H. The fourth-order valence-corrected chi connectivity index (χ4v) is 2.41. The highest BCUT2D eigenvalue weighted by Gasteiger charge is 2.19. The van der Waals surface area contributed by atoms with Crippen molar-refractivity contribution in [3.05, 3.63) is 35.9 Å². The van der Waals surface area contributed by atoms with Gasteiger partial charge in [-0.3, -0.25) is 9.69 Å². The zero-order valence-electron chi connectivity index (χ0n) is 12.2. The number of nitrogens with zero attached hydrogens (tertiary/aromatic N) is 2. The van der Waals surface area contributed by atoms with Gasteiger partial charge in [-0.1, -0.05) is 30.3 Å². The molecule has 2 rings (SSSR count). The van der Waals surface area contributed by atoms with E-state index in [4.69, 9.17) is 0 Å². The van der Waals surface area contributed by atoms with Crippen molar-refractivity contribution in [2.45, 2.75) is 19.5 Å². The molecule has 0 bridgehead atoms. The molecule has 1 atom stereocenters. The minimum absolute atomic E-state index is 0. The van der Waals surface area contributed by atoms with Gasteiger partial charge in [0.15, 0.2) is 0 Å². The molecule has 20 heavy (non-hydrogen) atoms. The Kier molecular flexibility index (Phi) is 6.99. The van der Waals surface area contributed by atoms with Crippen molar-refractivity contribution in [3.8, 4) is 0 Å². The van der Waals surface area contributed by atoms with Gasteiger partial charge >= 0.3 is 0 Å². The number of amides is 1. The van der Waals surface area contributed by atoms with E-state index in [9.17, 15) is 4.79 Å². The Morgan fingerprint density at radius 1 is 1.40 bits per heavy atom. The molecule has 0 aliphatic carbocycles. The van der Waals surface area contributed by atoms with Crippen molar-refractivity contribution in [1.29, 1.82) is 0 Å². The van der Waals surface area contributed by atoms with E-state index in [-0.39, 0.29) is 18.3 Å². The molecule has 1 N–H and O–H groups in total. The molecular formula is C15H24ClN3O. The van der Waals surface area contributed by atoms with Gasteiger partial charge in [-0.05, 0) is 12.5 Å². The molecule has 112 valence electrons. The molecular weight excluding hydrogens is 274 g/mol. The van der Waals surface area contributed by atoms with Crippen LogP contribution in [0.3, 0.4) is 0 Å². The average molecular weight is 298 g/mol. The Morgan fingerprint density at radius 2 is 2.10 bits per heavy atom. The van der Waals surface area contributed by atoms with Crippen molar-refractivity contribution in [2.75, 3.05) is 33.2 Å². The number of hydrogen-bond acceptors (Lipinski definition) is 3. The van der Waals surface area contributed by atoms with Gasteiger partial charge in [0.1, 0.15) is 0 Å². The number of benzene rings is 1. The lowest BCUT2D eigenvalue weighted by Crippen LogP contribution is -2.51. The summed E-state index contributed by atoms with van der Waals surface area (Å²) in [5.74, 6) is 0.193. The minimum atomic E-state index is 0. The van der Waals surface area contributed by atoms with Crippen molar-refractivity contribution >= 4 is 18.3 Å². The van der Waals surface area contributed by atoms with E-state index in [2.05, 4.69) is 29.3 Å². The Hall–Kier alpha value is -1.10. The summed E-state index contributed by atoms with van der Waals surface area (Å²) in [4.78, 5) is 16.2. The largest absolute Gasteiger partial charge is 0.340 e. The number of hydrogen-bond donors (Lipinski definition) is 1. The molecule has 1 amide bonds. The SMILES string of the molecule is CC1CN(CC(=O)N(C)Cc2ccccc2)CCN1.Cl. The van der Waals surface area contributed by atoms with Gasteiger partial charge in [-0.25, -0.2) is 0 Å². The van der Waals surface area contributed by atoms with Crippen LogP contribution in [0, 0.1) is 0 Å². The van der Waals surface area contributed by atoms with Crippen molar-refractivity contribution in [3.63, 3.8) is 0 Å². The summed E-state index contributed by atoms with van der Waals surface area (Å²) >= 11 is 0. The number of nitrogens with one attached hydrogen (secondary N) is 1. The number of carbonyl (C=O) groups excluding carboxylic acids is 1. The third-order valence-electron chi connectivity index (χ3n) is 3.50. The van der Waals surface area contributed by atoms with Gasteiger partial charge in [0, 0.05) is 39.3 Å². The lowest BCUT2D eigenvalue weighted by atomic mass is 10.2. The van der Waals surface area contributed by atoms with Gasteiger partial charge in [-0.2, -0.15) is 0 Å². The third-order valence-corrected chi connectivity index (χ3v) is 3.50. The van der Waals surface area contributed by atoms with E-state index in [0.29, 0.717) is 19.1 Å². The summed E-state index contributed by atoms with van der Waals surface area (Å²) in [6.07, 6.45) is 0. The molecule has 1 heterocycles. The molecule has 1 saturated heterocycles. The summed E-state index contributed by atoms with van der Waals surface area (Å²) in [6, 6.07) is 10.6. The maximum Gasteiger partial charge on any atom is 0.236 e. The molecule has 1 aromatic carbocycles. The first kappa shape index (κ1) is 17.0. The summed E-state index contributed by atoms with van der Waals surface area (Å²) in [5.41, 5.74) is 1.17. The quantitative estimate of drug-likeness (QED) is 0.911. The van der Waals surface area contributed by atoms with Gasteiger partial charge in [0.2, 0.25) is 5.91 Å². The fraction of sp³-hybridized carbons (Fsp3) is 0.533. The summed E-state index contributed by atoms with van der Waals surface area (Å²) < 4.78 is 0. The van der Waals surface area contributed by atoms with Gasteiger partial charge in [0.25, 0.3) is 0 Å². The summed E-state index contributed by atoms with van der Waals surface area (Å²) in [6.45, 7) is 6.23. The van der Waals surface area contributed by atoms with E-state index in [0.717, 1.165) is 19.6 Å². The topological polar surface area (TPSA) is 35.6 Å². The average Bonchev–Trinajstić information content (AvgIpc) is 2.40. The number of rotatable bonds is 4. The molecule has 1 aliphatic heterocycles. The second-order valence-electron chi connectivity index (χ2n) is 5.33. The van der Waals surface area contributed by atoms with Crippen LogP contribution in [0.25, 0.3) is 0 Å². The highest BCUT2D eigenvalue weighted by atomic mass is 35.5. The smallest absolute Gasteiger partial charge is 0.236 e. The van der Waals surface area contributed by atoms with Crippen LogP contribution >= 0.6 is 12.4 Å². The molecule has 1 aliphatic rings. The Balaban J connectivity index is 0.00000200. The summed E-state index contributed by atoms with van der Waals surface area (Å²) in [5, 5.41) is 3.39. The van der Waals surface area contributed by atoms with E-state index >= 15 is 0 Å². The fourth-order valence-electron chi connectivity index (χ4n) is 2.41. The molecule has 4 nitrogen and oxygen atoms in total. The van der Waals surface area contributed by atoms with Crippen LogP contribution in [-0.2, 0) is 11.3 Å². The molecule has 0 aromatic heterocycles. The molecule has 1 fully saturated rings. The maximum absolute atomic E-state index is 12.2. The Morgan fingerprint density at radius 3 is 2.75 bits per heavy atom. The number of halogens is 1. The Labute approximate surface area is 127 Å². The normalized spacial score (nSPS) is 19.2. The first-order valence-corrected chi connectivity index (χ1v) is 6.89. The van der Waals surface area contributed by atoms with E-state index in [1.807, 2.05) is 30.1 Å². The van der Waals surface area contributed by atoms with Crippen LogP contribution < -0.4 is 5.32 Å². The molecule has 1 aromatic rings. The van der Waals surface area contributed by atoms with Crippen LogP contribution in [0.1, 0.15) is 12.5 Å². The minimum Gasteiger partial charge on any atom is -0.340 e. The molecule has 0 radical (unpaired) electrons. The number of carbonyl (C=O) groups is 1. The first-order chi connectivity index (χ1) is 9.15. The zero-order valence-corrected chi connectivity index (χ0v) is 13.0. The molecule has 0 spiro atoms. The lowest BCUT2D eigenvalue weighted by Gasteiger charge is -2.32. The van der Waals surface area contributed by atoms with Gasteiger partial charge in [0.05, 0.1) is 6.54 Å². The monoisotopic (exact) mass is 297 g/mol. The maximum atomic E-state index is 12.2. The molecule has 5 heteroatoms. The molecule has 1 unspecified atom stereocenters. The van der Waals surface area contributed by atoms with Crippen LogP contribution in [0.5, 0.6) is 0 Å². The third kappa shape index (κ3) is 5.12. The summed E-state index contributed by atoms with van der Waals surface area (Å²) in [7, 11) is 1.88. The predicted molar refractivity (Wildman–Crippen MR) is 84.1 cm³/mol. The van der Waals surface area contributed by atoms with Gasteiger partial charge in [-0.15, -0.1) is 12.4 Å². The van der Waals surface area contributed by atoms with Crippen molar-refractivity contribution in [2.24, 2.45) is 0 Å². The van der Waals surface area contributed by atoms with E-state index in [1.165, 1.54) is 5.56 Å². The van der Waals surface area contributed by atoms with Crippen LogP contribution in [-0.4, -0.2) is 55.0 Å². The highest BCUT2D eigenvalue weighted by Crippen LogP contribution is 2.04. The number of piperazine rings is 1. The predicted octanol–water partition coefficient (Wildman–Crippen LogP) is 1.36. The van der Waals surface area contributed by atoms with Crippen molar-refractivity contribution < 1.29 is 4.79 Å². The van der Waals surface area contributed by atoms with E-state index < -0.39 is 0 Å².